The second-order valence-corrected chi connectivity index (χ2v) is 8.55. The molecule has 2 N–H and O–H groups in total. The fourth-order valence-corrected chi connectivity index (χ4v) is 5.20. The van der Waals surface area contributed by atoms with E-state index in [1.54, 1.807) is 6.33 Å². The first-order valence-corrected chi connectivity index (χ1v) is 10.5. The van der Waals surface area contributed by atoms with Gasteiger partial charge in [-0.15, -0.1) is 0 Å². The summed E-state index contributed by atoms with van der Waals surface area (Å²) in [6.45, 7) is 4.39. The molecule has 0 radical (unpaired) electrons. The number of fused-ring (bicyclic) bond motifs is 2. The van der Waals surface area contributed by atoms with Gasteiger partial charge in [0, 0.05) is 12.2 Å². The normalized spacial score (nSPS) is 29.3. The van der Waals surface area contributed by atoms with Gasteiger partial charge >= 0.3 is 0 Å². The van der Waals surface area contributed by atoms with E-state index in [4.69, 9.17) is 0 Å². The van der Waals surface area contributed by atoms with E-state index in [2.05, 4.69) is 70.2 Å². The predicted molar refractivity (Wildman–Crippen MR) is 111 cm³/mol. The van der Waals surface area contributed by atoms with Crippen LogP contribution in [0.3, 0.4) is 0 Å². The van der Waals surface area contributed by atoms with Crippen LogP contribution in [-0.4, -0.2) is 25.7 Å². The molecule has 0 saturated heterocycles. The van der Waals surface area contributed by atoms with E-state index in [1.807, 2.05) is 0 Å². The van der Waals surface area contributed by atoms with Crippen molar-refractivity contribution in [1.82, 2.24) is 14.5 Å². The Kier molecular flexibility index (Phi) is 4.35. The Morgan fingerprint density at radius 1 is 1.18 bits per heavy atom. The highest BCUT2D eigenvalue weighted by Crippen LogP contribution is 2.41. The van der Waals surface area contributed by atoms with Gasteiger partial charge in [-0.25, -0.2) is 9.97 Å². The largest absolute Gasteiger partial charge is 0.393 e. The van der Waals surface area contributed by atoms with Gasteiger partial charge in [0.25, 0.3) is 0 Å². The fraction of sp³-hybridized carbons (Fsp3) is 0.478. The van der Waals surface area contributed by atoms with E-state index in [9.17, 15) is 5.11 Å². The molecule has 5 heteroatoms. The zero-order valence-electron chi connectivity index (χ0n) is 16.5. The number of hydrogen-bond donors (Lipinski definition) is 2. The molecule has 0 spiro atoms. The maximum Gasteiger partial charge on any atom is 0.145 e. The van der Waals surface area contributed by atoms with Crippen molar-refractivity contribution in [3.63, 3.8) is 0 Å². The maximum absolute atomic E-state index is 10.2. The average molecular weight is 377 g/mol. The Labute approximate surface area is 165 Å². The Morgan fingerprint density at radius 3 is 2.82 bits per heavy atom. The quantitative estimate of drug-likeness (QED) is 0.704. The highest BCUT2D eigenvalue weighted by Gasteiger charge is 2.33. The van der Waals surface area contributed by atoms with Crippen LogP contribution in [0.4, 0.5) is 5.82 Å². The minimum atomic E-state index is -0.220. The number of hydrogen-bond acceptors (Lipinski definition) is 4. The van der Waals surface area contributed by atoms with Gasteiger partial charge in [0.15, 0.2) is 0 Å². The third-order valence-electron chi connectivity index (χ3n) is 6.88. The number of aliphatic hydroxyl groups is 1. The summed E-state index contributed by atoms with van der Waals surface area (Å²) in [6.07, 6.45) is 7.60. The van der Waals surface area contributed by atoms with Gasteiger partial charge in [-0.1, -0.05) is 44.5 Å². The Hall–Kier alpha value is -2.40. The molecule has 1 saturated carbocycles. The molecule has 5 nitrogen and oxygen atoms in total. The summed E-state index contributed by atoms with van der Waals surface area (Å²) >= 11 is 0. The number of anilines is 1. The summed E-state index contributed by atoms with van der Waals surface area (Å²) in [5, 5.41) is 15.0. The van der Waals surface area contributed by atoms with Crippen molar-refractivity contribution < 1.29 is 5.11 Å². The lowest BCUT2D eigenvalue weighted by Gasteiger charge is -2.22. The Balaban J connectivity index is 1.49. The minimum absolute atomic E-state index is 0.220. The van der Waals surface area contributed by atoms with E-state index in [1.165, 1.54) is 11.1 Å². The Bertz CT molecular complexity index is 987. The van der Waals surface area contributed by atoms with E-state index in [-0.39, 0.29) is 12.1 Å². The smallest absolute Gasteiger partial charge is 0.145 e. The number of rotatable bonds is 4. The van der Waals surface area contributed by atoms with Crippen molar-refractivity contribution in [2.75, 3.05) is 5.32 Å². The first kappa shape index (κ1) is 17.7. The first-order chi connectivity index (χ1) is 13.7. The molecule has 3 aromatic rings. The van der Waals surface area contributed by atoms with Crippen LogP contribution in [0.15, 0.2) is 42.9 Å². The van der Waals surface area contributed by atoms with E-state index >= 15 is 0 Å². The topological polar surface area (TPSA) is 63.0 Å². The fourth-order valence-electron chi connectivity index (χ4n) is 5.20. The highest BCUT2D eigenvalue weighted by molar-refractivity contribution is 5.87. The van der Waals surface area contributed by atoms with Crippen molar-refractivity contribution in [3.05, 3.63) is 54.0 Å². The summed E-state index contributed by atoms with van der Waals surface area (Å²) in [5.74, 6) is 1.83. The molecule has 0 amide bonds. The van der Waals surface area contributed by atoms with Crippen molar-refractivity contribution in [2.45, 2.75) is 57.7 Å². The number of aromatic nitrogens is 3. The third-order valence-corrected chi connectivity index (χ3v) is 6.88. The summed E-state index contributed by atoms with van der Waals surface area (Å²) < 4.78 is 2.23. The molecule has 2 aromatic heterocycles. The van der Waals surface area contributed by atoms with E-state index in [0.717, 1.165) is 42.5 Å². The molecular weight excluding hydrogens is 348 g/mol. The van der Waals surface area contributed by atoms with Crippen LogP contribution in [-0.2, 0) is 6.42 Å². The molecule has 0 bridgehead atoms. The number of benzene rings is 1. The van der Waals surface area contributed by atoms with E-state index < -0.39 is 0 Å². The van der Waals surface area contributed by atoms with Crippen molar-refractivity contribution in [2.24, 2.45) is 11.8 Å². The molecule has 5 rings (SSSR count). The van der Waals surface area contributed by atoms with Gasteiger partial charge in [-0.3, -0.25) is 0 Å². The van der Waals surface area contributed by atoms with Crippen LogP contribution < -0.4 is 5.32 Å². The van der Waals surface area contributed by atoms with Crippen LogP contribution in [0.5, 0.6) is 0 Å². The molecule has 2 aliphatic rings. The zero-order chi connectivity index (χ0) is 19.3. The van der Waals surface area contributed by atoms with Gasteiger partial charge in [0.2, 0.25) is 0 Å². The molecule has 0 aliphatic heterocycles. The lowest BCUT2D eigenvalue weighted by Crippen LogP contribution is -2.17. The number of nitrogens with zero attached hydrogens (tertiary/aromatic N) is 3. The van der Waals surface area contributed by atoms with Crippen molar-refractivity contribution >= 4 is 16.9 Å². The summed E-state index contributed by atoms with van der Waals surface area (Å²) in [7, 11) is 0. The molecule has 28 heavy (non-hydrogen) atoms. The molecule has 5 atom stereocenters. The standard InChI is InChI=1S/C23H28N4O/c1-3-15-11-16-6-4-5-7-18(16)21(15)26-22-19-8-9-27(23(19)25-13-24-22)17-10-14(2)20(28)12-17/h4-9,13-15,17,20-21,28H,3,10-12H2,1-2H3,(H,24,25,26)/t14-,15+,17+,20-,21+/m0/s1. The molecule has 1 aromatic carbocycles. The molecule has 0 unspecified atom stereocenters. The molecule has 2 aliphatic carbocycles. The maximum atomic E-state index is 10.2. The van der Waals surface area contributed by atoms with Crippen LogP contribution in [0, 0.1) is 11.8 Å². The second kappa shape index (κ2) is 6.89. The molecule has 2 heterocycles. The molecular formula is C23H28N4O. The first-order valence-electron chi connectivity index (χ1n) is 10.5. The molecule has 146 valence electrons. The van der Waals surface area contributed by atoms with Crippen LogP contribution in [0.25, 0.3) is 11.0 Å². The average Bonchev–Trinajstić information content (AvgIpc) is 3.38. The van der Waals surface area contributed by atoms with Gasteiger partial charge in [-0.2, -0.15) is 0 Å². The predicted octanol–water partition coefficient (Wildman–Crippen LogP) is 4.50. The van der Waals surface area contributed by atoms with Crippen LogP contribution >= 0.6 is 0 Å². The number of aliphatic hydroxyl groups excluding tert-OH is 1. The number of nitrogens with one attached hydrogen (secondary N) is 1. The molecule has 1 fully saturated rings. The lowest BCUT2D eigenvalue weighted by atomic mass is 9.98. The van der Waals surface area contributed by atoms with E-state index in [0.29, 0.717) is 17.9 Å². The Morgan fingerprint density at radius 2 is 2.04 bits per heavy atom. The van der Waals surface area contributed by atoms with Gasteiger partial charge < -0.3 is 15.0 Å². The van der Waals surface area contributed by atoms with Gasteiger partial charge in [0.05, 0.1) is 17.5 Å². The minimum Gasteiger partial charge on any atom is -0.393 e. The lowest BCUT2D eigenvalue weighted by molar-refractivity contribution is 0.139. The summed E-state index contributed by atoms with van der Waals surface area (Å²) in [4.78, 5) is 9.18. The third kappa shape index (κ3) is 2.80. The van der Waals surface area contributed by atoms with Crippen molar-refractivity contribution in [1.29, 1.82) is 0 Å². The van der Waals surface area contributed by atoms with Crippen molar-refractivity contribution in [3.8, 4) is 0 Å². The summed E-state index contributed by atoms with van der Waals surface area (Å²) in [6, 6.07) is 11.5. The van der Waals surface area contributed by atoms with Crippen LogP contribution in [0.1, 0.15) is 56.3 Å². The van der Waals surface area contributed by atoms with Crippen LogP contribution in [0.2, 0.25) is 0 Å². The highest BCUT2D eigenvalue weighted by atomic mass is 16.3. The van der Waals surface area contributed by atoms with Gasteiger partial charge in [0.1, 0.15) is 17.8 Å². The summed E-state index contributed by atoms with van der Waals surface area (Å²) in [5.41, 5.74) is 3.81. The zero-order valence-corrected chi connectivity index (χ0v) is 16.5. The monoisotopic (exact) mass is 376 g/mol. The SMILES string of the molecule is CC[C@@H]1Cc2ccccc2[C@@H]1Nc1ncnc2c1ccn2[C@@H]1C[C@H](C)[C@@H](O)C1. The second-order valence-electron chi connectivity index (χ2n) is 8.55. The van der Waals surface area contributed by atoms with Gasteiger partial charge in [-0.05, 0) is 48.3 Å².